The van der Waals surface area contributed by atoms with Gasteiger partial charge in [0.1, 0.15) is 0 Å². The van der Waals surface area contributed by atoms with E-state index in [9.17, 15) is 4.79 Å². The molecule has 0 aromatic carbocycles. The zero-order chi connectivity index (χ0) is 15.5. The van der Waals surface area contributed by atoms with Crippen molar-refractivity contribution in [2.75, 3.05) is 37.6 Å². The van der Waals surface area contributed by atoms with Crippen molar-refractivity contribution in [2.45, 2.75) is 13.8 Å². The fourth-order valence-electron chi connectivity index (χ4n) is 1.96. The maximum atomic E-state index is 11.3. The topological polar surface area (TPSA) is 101 Å². The number of thiazole rings is 1. The van der Waals surface area contributed by atoms with Gasteiger partial charge >= 0.3 is 0 Å². The Kier molecular flexibility index (Phi) is 6.85. The second-order valence-corrected chi connectivity index (χ2v) is 6.58. The van der Waals surface area contributed by atoms with E-state index in [-0.39, 0.29) is 29.9 Å². The van der Waals surface area contributed by atoms with Crippen molar-refractivity contribution in [3.8, 4) is 0 Å². The highest BCUT2D eigenvalue weighted by Crippen LogP contribution is 2.19. The van der Waals surface area contributed by atoms with Gasteiger partial charge in [-0.15, -0.1) is 35.3 Å². The number of amides is 1. The van der Waals surface area contributed by atoms with Crippen LogP contribution in [0.4, 0.5) is 5.13 Å². The summed E-state index contributed by atoms with van der Waals surface area (Å²) in [5.74, 6) is 0.107. The predicted molar refractivity (Wildman–Crippen MR) is 101 cm³/mol. The zero-order valence-corrected chi connectivity index (χ0v) is 16.0. The molecule has 1 saturated heterocycles. The van der Waals surface area contributed by atoms with Gasteiger partial charge in [0.25, 0.3) is 0 Å². The van der Waals surface area contributed by atoms with E-state index in [1.807, 2.05) is 16.5 Å². The maximum Gasteiger partial charge on any atom is 0.224 e. The minimum Gasteiger partial charge on any atom is -0.370 e. The van der Waals surface area contributed by atoms with Gasteiger partial charge in [0, 0.05) is 37.8 Å². The standard InChI is InChI=1S/C13H22N6OS.HI/c1-13(2,10(14)20)9-17-11(15)18-4-6-19(7-5-18)12-16-3-8-21-12;/h3,8H,4-7,9H2,1-2H3,(H2,14,20)(H2,15,17);1H. The summed E-state index contributed by atoms with van der Waals surface area (Å²) in [5.41, 5.74) is 10.7. The van der Waals surface area contributed by atoms with Gasteiger partial charge in [-0.05, 0) is 13.8 Å². The van der Waals surface area contributed by atoms with Gasteiger partial charge in [0.2, 0.25) is 5.91 Å². The number of piperazine rings is 1. The third-order valence-electron chi connectivity index (χ3n) is 3.60. The van der Waals surface area contributed by atoms with E-state index in [1.165, 1.54) is 0 Å². The van der Waals surface area contributed by atoms with Crippen LogP contribution in [-0.4, -0.2) is 54.5 Å². The lowest BCUT2D eigenvalue weighted by Gasteiger charge is -2.35. The number of hydrogen-bond donors (Lipinski definition) is 2. The smallest absolute Gasteiger partial charge is 0.224 e. The number of rotatable bonds is 4. The number of nitrogens with zero attached hydrogens (tertiary/aromatic N) is 4. The van der Waals surface area contributed by atoms with Crippen molar-refractivity contribution < 1.29 is 4.79 Å². The van der Waals surface area contributed by atoms with Crippen molar-refractivity contribution in [3.05, 3.63) is 11.6 Å². The number of guanidine groups is 1. The molecule has 0 bridgehead atoms. The monoisotopic (exact) mass is 438 g/mol. The Labute approximate surface area is 151 Å². The molecule has 0 radical (unpaired) electrons. The SMILES string of the molecule is CC(C)(CN=C(N)N1CCN(c2nccs2)CC1)C(N)=O.I. The molecule has 124 valence electrons. The molecule has 0 saturated carbocycles. The van der Waals surface area contributed by atoms with E-state index >= 15 is 0 Å². The molecule has 1 aromatic rings. The number of aliphatic imine (C=N–C) groups is 1. The number of aromatic nitrogens is 1. The van der Waals surface area contributed by atoms with Crippen LogP contribution in [0.25, 0.3) is 0 Å². The zero-order valence-electron chi connectivity index (χ0n) is 12.9. The Balaban J connectivity index is 0.00000242. The Morgan fingerprint density at radius 1 is 1.36 bits per heavy atom. The molecule has 0 aliphatic carbocycles. The lowest BCUT2D eigenvalue weighted by atomic mass is 9.93. The highest BCUT2D eigenvalue weighted by molar-refractivity contribution is 14.0. The maximum absolute atomic E-state index is 11.3. The lowest BCUT2D eigenvalue weighted by Crippen LogP contribution is -2.51. The van der Waals surface area contributed by atoms with Crippen LogP contribution in [0.1, 0.15) is 13.8 Å². The second kappa shape index (κ2) is 7.95. The van der Waals surface area contributed by atoms with Gasteiger partial charge in [-0.25, -0.2) is 4.98 Å². The fraction of sp³-hybridized carbons (Fsp3) is 0.615. The van der Waals surface area contributed by atoms with E-state index in [1.54, 1.807) is 25.2 Å². The average Bonchev–Trinajstić information content (AvgIpc) is 2.99. The lowest BCUT2D eigenvalue weighted by molar-refractivity contribution is -0.125. The van der Waals surface area contributed by atoms with Gasteiger partial charge in [-0.1, -0.05) is 0 Å². The molecule has 0 spiro atoms. The van der Waals surface area contributed by atoms with Crippen LogP contribution in [0.2, 0.25) is 0 Å². The number of halogens is 1. The molecule has 1 aromatic heterocycles. The Morgan fingerprint density at radius 2 is 2.00 bits per heavy atom. The number of anilines is 1. The minimum absolute atomic E-state index is 0. The number of carbonyl (C=O) groups excluding carboxylic acids is 1. The van der Waals surface area contributed by atoms with Gasteiger partial charge in [-0.3, -0.25) is 9.79 Å². The summed E-state index contributed by atoms with van der Waals surface area (Å²) in [6.07, 6.45) is 1.81. The molecule has 1 aliphatic rings. The highest BCUT2D eigenvalue weighted by Gasteiger charge is 2.25. The van der Waals surface area contributed by atoms with Gasteiger partial charge in [0.05, 0.1) is 12.0 Å². The van der Waals surface area contributed by atoms with Crippen LogP contribution in [0.3, 0.4) is 0 Å². The molecule has 2 heterocycles. The Bertz CT molecular complexity index is 511. The quantitative estimate of drug-likeness (QED) is 0.410. The first kappa shape index (κ1) is 18.9. The predicted octanol–water partition coefficient (Wildman–Crippen LogP) is 0.709. The Morgan fingerprint density at radius 3 is 2.50 bits per heavy atom. The van der Waals surface area contributed by atoms with Crippen molar-refractivity contribution in [1.29, 1.82) is 0 Å². The molecule has 0 atom stereocenters. The van der Waals surface area contributed by atoms with E-state index in [2.05, 4.69) is 14.9 Å². The summed E-state index contributed by atoms with van der Waals surface area (Å²) in [7, 11) is 0. The summed E-state index contributed by atoms with van der Waals surface area (Å²) in [4.78, 5) is 24.2. The highest BCUT2D eigenvalue weighted by atomic mass is 127. The van der Waals surface area contributed by atoms with Crippen LogP contribution in [0.5, 0.6) is 0 Å². The van der Waals surface area contributed by atoms with Crippen molar-refractivity contribution in [3.63, 3.8) is 0 Å². The van der Waals surface area contributed by atoms with Crippen LogP contribution in [0, 0.1) is 5.41 Å². The molecule has 2 rings (SSSR count). The molecule has 0 unspecified atom stereocenters. The van der Waals surface area contributed by atoms with Gasteiger partial charge < -0.3 is 21.3 Å². The number of nitrogens with two attached hydrogens (primary N) is 2. The summed E-state index contributed by atoms with van der Waals surface area (Å²) in [5, 5.41) is 3.02. The van der Waals surface area contributed by atoms with E-state index < -0.39 is 5.41 Å². The molecular weight excluding hydrogens is 415 g/mol. The number of hydrogen-bond acceptors (Lipinski definition) is 5. The first-order chi connectivity index (χ1) is 9.90. The molecule has 9 heteroatoms. The van der Waals surface area contributed by atoms with E-state index in [0.29, 0.717) is 12.5 Å². The molecule has 7 nitrogen and oxygen atoms in total. The number of primary amides is 1. The summed E-state index contributed by atoms with van der Waals surface area (Å²) in [6, 6.07) is 0. The van der Waals surface area contributed by atoms with Gasteiger partial charge in [-0.2, -0.15) is 0 Å². The molecule has 1 aliphatic heterocycles. The molecule has 22 heavy (non-hydrogen) atoms. The molecular formula is C13H23IN6OS. The van der Waals surface area contributed by atoms with E-state index in [4.69, 9.17) is 11.5 Å². The van der Waals surface area contributed by atoms with Crippen molar-refractivity contribution in [1.82, 2.24) is 9.88 Å². The van der Waals surface area contributed by atoms with Crippen molar-refractivity contribution >= 4 is 52.3 Å². The fourth-order valence-corrected chi connectivity index (χ4v) is 2.65. The molecule has 4 N–H and O–H groups in total. The second-order valence-electron chi connectivity index (χ2n) is 5.71. The van der Waals surface area contributed by atoms with E-state index in [0.717, 1.165) is 31.3 Å². The van der Waals surface area contributed by atoms with Crippen LogP contribution in [-0.2, 0) is 4.79 Å². The third kappa shape index (κ3) is 4.70. The van der Waals surface area contributed by atoms with Gasteiger partial charge in [0.15, 0.2) is 11.1 Å². The summed E-state index contributed by atoms with van der Waals surface area (Å²) < 4.78 is 0. The molecule has 1 amide bonds. The molecule has 1 fully saturated rings. The summed E-state index contributed by atoms with van der Waals surface area (Å²) in [6.45, 7) is 7.17. The Hall–Kier alpha value is -1.10. The first-order valence-electron chi connectivity index (χ1n) is 6.89. The largest absolute Gasteiger partial charge is 0.370 e. The van der Waals surface area contributed by atoms with Crippen LogP contribution in [0.15, 0.2) is 16.6 Å². The van der Waals surface area contributed by atoms with Crippen LogP contribution >= 0.6 is 35.3 Å². The van der Waals surface area contributed by atoms with Crippen LogP contribution < -0.4 is 16.4 Å². The number of carbonyl (C=O) groups is 1. The summed E-state index contributed by atoms with van der Waals surface area (Å²) >= 11 is 1.64. The minimum atomic E-state index is -0.673. The van der Waals surface area contributed by atoms with Crippen molar-refractivity contribution in [2.24, 2.45) is 21.9 Å². The normalized spacial score (nSPS) is 16.4. The first-order valence-corrected chi connectivity index (χ1v) is 7.77. The third-order valence-corrected chi connectivity index (χ3v) is 4.43. The average molecular weight is 438 g/mol.